The number of nitrogens with zero attached hydrogens (tertiary/aromatic N) is 2. The molecule has 0 bridgehead atoms. The quantitative estimate of drug-likeness (QED) is 0.341. The van der Waals surface area contributed by atoms with Gasteiger partial charge in [0.15, 0.2) is 0 Å². The van der Waals surface area contributed by atoms with E-state index in [9.17, 15) is 19.7 Å². The summed E-state index contributed by atoms with van der Waals surface area (Å²) in [5.41, 5.74) is 1.75. The van der Waals surface area contributed by atoms with Crippen molar-refractivity contribution >= 4 is 34.2 Å². The van der Waals surface area contributed by atoms with Crippen molar-refractivity contribution in [1.82, 2.24) is 4.90 Å². The highest BCUT2D eigenvalue weighted by atomic mass is 32.2. The van der Waals surface area contributed by atoms with Crippen molar-refractivity contribution in [1.29, 1.82) is 0 Å². The number of carbonyl (C=O) groups excluding carboxylic acids is 2. The van der Waals surface area contributed by atoms with Gasteiger partial charge in [-0.3, -0.25) is 19.8 Å². The number of benzene rings is 2. The van der Waals surface area contributed by atoms with Crippen molar-refractivity contribution in [3.8, 4) is 0 Å². The van der Waals surface area contributed by atoms with Crippen LogP contribution in [0.4, 0.5) is 5.69 Å². The molecule has 1 saturated heterocycles. The first-order chi connectivity index (χ1) is 13.0. The molecular weight excluding hydrogens is 368 g/mol. The van der Waals surface area contributed by atoms with Gasteiger partial charge in [-0.1, -0.05) is 42.1 Å². The van der Waals surface area contributed by atoms with Crippen molar-refractivity contribution in [2.45, 2.75) is 18.4 Å². The van der Waals surface area contributed by atoms with Gasteiger partial charge in [-0.25, -0.2) is 4.79 Å². The van der Waals surface area contributed by atoms with Gasteiger partial charge in [-0.15, -0.1) is 0 Å². The second kappa shape index (κ2) is 6.88. The van der Waals surface area contributed by atoms with Gasteiger partial charge in [0, 0.05) is 17.0 Å². The van der Waals surface area contributed by atoms with Gasteiger partial charge in [0.2, 0.25) is 5.91 Å². The summed E-state index contributed by atoms with van der Waals surface area (Å²) in [6.45, 7) is -0.0280. The minimum Gasteiger partial charge on any atom is -0.456 e. The van der Waals surface area contributed by atoms with Crippen molar-refractivity contribution in [3.63, 3.8) is 0 Å². The van der Waals surface area contributed by atoms with Crippen LogP contribution in [0.1, 0.15) is 17.5 Å². The number of nitro groups is 1. The van der Waals surface area contributed by atoms with E-state index in [2.05, 4.69) is 0 Å². The molecular formula is C19H14N2O5S. The number of β-lactam (4-membered cyclic amide) rings is 1. The van der Waals surface area contributed by atoms with Gasteiger partial charge in [-0.05, 0) is 23.3 Å². The summed E-state index contributed by atoms with van der Waals surface area (Å²) in [5, 5.41) is 10.6. The fourth-order valence-electron chi connectivity index (χ4n) is 2.97. The molecule has 0 saturated carbocycles. The number of carbonyl (C=O) groups is 2. The van der Waals surface area contributed by atoms with Crippen LogP contribution in [-0.2, 0) is 20.9 Å². The lowest BCUT2D eigenvalue weighted by Crippen LogP contribution is -2.48. The second-order valence-corrected chi connectivity index (χ2v) is 7.27. The molecule has 1 atom stereocenters. The van der Waals surface area contributed by atoms with Crippen molar-refractivity contribution in [2.24, 2.45) is 0 Å². The Kier molecular flexibility index (Phi) is 4.41. The molecule has 0 aromatic heterocycles. The van der Waals surface area contributed by atoms with Crippen LogP contribution < -0.4 is 0 Å². The van der Waals surface area contributed by atoms with Crippen molar-refractivity contribution in [2.75, 3.05) is 0 Å². The van der Waals surface area contributed by atoms with E-state index in [1.54, 1.807) is 12.1 Å². The molecule has 0 aliphatic carbocycles. The van der Waals surface area contributed by atoms with Gasteiger partial charge in [-0.2, -0.15) is 0 Å². The Morgan fingerprint density at radius 1 is 1.19 bits per heavy atom. The summed E-state index contributed by atoms with van der Waals surface area (Å²) < 4.78 is 5.39. The molecule has 7 nitrogen and oxygen atoms in total. The molecule has 27 heavy (non-hydrogen) atoms. The van der Waals surface area contributed by atoms with Gasteiger partial charge >= 0.3 is 5.97 Å². The number of nitro benzene ring substituents is 1. The van der Waals surface area contributed by atoms with Crippen LogP contribution in [0, 0.1) is 10.1 Å². The number of rotatable bonds is 5. The monoisotopic (exact) mass is 382 g/mol. The summed E-state index contributed by atoms with van der Waals surface area (Å²) in [6.07, 6.45) is 0.403. The lowest BCUT2D eigenvalue weighted by atomic mass is 10.1. The first-order valence-corrected chi connectivity index (χ1v) is 9.11. The molecule has 2 aliphatic heterocycles. The van der Waals surface area contributed by atoms with E-state index in [1.165, 1.54) is 28.8 Å². The Morgan fingerprint density at radius 3 is 2.52 bits per heavy atom. The summed E-state index contributed by atoms with van der Waals surface area (Å²) >= 11 is 1.49. The number of fused-ring (bicyclic) bond motifs is 1. The average molecular weight is 382 g/mol. The largest absolute Gasteiger partial charge is 0.456 e. The number of non-ortho nitro benzene ring substituents is 1. The maximum Gasteiger partial charge on any atom is 0.356 e. The molecule has 8 heteroatoms. The first-order valence-electron chi connectivity index (χ1n) is 8.23. The smallest absolute Gasteiger partial charge is 0.356 e. The number of thioether (sulfide) groups is 1. The first kappa shape index (κ1) is 17.3. The van der Waals surface area contributed by atoms with Crippen LogP contribution in [0.25, 0.3) is 4.91 Å². The van der Waals surface area contributed by atoms with Gasteiger partial charge in [0.1, 0.15) is 12.3 Å². The van der Waals surface area contributed by atoms with Crippen molar-refractivity contribution in [3.05, 3.63) is 81.5 Å². The minimum atomic E-state index is -0.574. The zero-order valence-corrected chi connectivity index (χ0v) is 14.8. The minimum absolute atomic E-state index is 0.0274. The predicted octanol–water partition coefficient (Wildman–Crippen LogP) is 3.31. The number of ether oxygens (including phenoxy) is 1. The number of amides is 1. The highest BCUT2D eigenvalue weighted by Crippen LogP contribution is 2.50. The van der Waals surface area contributed by atoms with Crippen LogP contribution in [0.5, 0.6) is 0 Å². The third kappa shape index (κ3) is 3.19. The summed E-state index contributed by atoms with van der Waals surface area (Å²) in [4.78, 5) is 37.1. The van der Waals surface area contributed by atoms with E-state index in [0.717, 1.165) is 10.5 Å². The zero-order chi connectivity index (χ0) is 19.0. The van der Waals surface area contributed by atoms with E-state index in [-0.39, 0.29) is 29.3 Å². The maximum atomic E-state index is 12.7. The molecule has 1 fully saturated rings. The molecule has 1 amide bonds. The molecule has 2 heterocycles. The Labute approximate surface area is 158 Å². The van der Waals surface area contributed by atoms with Gasteiger partial charge in [0.05, 0.1) is 16.7 Å². The zero-order valence-electron chi connectivity index (χ0n) is 14.0. The fraction of sp³-hybridized carbons (Fsp3) is 0.158. The number of hydrogen-bond acceptors (Lipinski definition) is 6. The number of esters is 1. The van der Waals surface area contributed by atoms with E-state index in [1.807, 2.05) is 30.3 Å². The molecule has 2 aliphatic rings. The predicted molar refractivity (Wildman–Crippen MR) is 99.1 cm³/mol. The molecule has 2 aromatic rings. The lowest BCUT2D eigenvalue weighted by Gasteiger charge is -2.34. The van der Waals surface area contributed by atoms with Gasteiger partial charge in [0.25, 0.3) is 5.69 Å². The van der Waals surface area contributed by atoms with Crippen LogP contribution in [0.3, 0.4) is 0 Å². The Morgan fingerprint density at radius 2 is 1.89 bits per heavy atom. The summed E-state index contributed by atoms with van der Waals surface area (Å²) in [6, 6.07) is 15.2. The summed E-state index contributed by atoms with van der Waals surface area (Å²) in [5.74, 6) is -0.670. The van der Waals surface area contributed by atoms with Crippen LogP contribution in [-0.4, -0.2) is 27.1 Å². The van der Waals surface area contributed by atoms with E-state index in [4.69, 9.17) is 4.74 Å². The molecule has 0 unspecified atom stereocenters. The highest BCUT2D eigenvalue weighted by molar-refractivity contribution is 8.09. The van der Waals surface area contributed by atoms with E-state index < -0.39 is 10.9 Å². The fourth-order valence-corrected chi connectivity index (χ4v) is 4.36. The Bertz CT molecular complexity index is 956. The standard InChI is InChI=1S/C19H14N2O5S/c22-15-10-16-20(15)17(18(27-16)13-4-2-1-3-5-13)19(23)26-11-12-6-8-14(9-7-12)21(24)25/h1-9,16H,10-11H2/t16-/m1/s1. The summed E-state index contributed by atoms with van der Waals surface area (Å²) in [7, 11) is 0. The molecule has 2 aromatic carbocycles. The average Bonchev–Trinajstić information content (AvgIpc) is 3.00. The maximum absolute atomic E-state index is 12.7. The molecule has 136 valence electrons. The molecule has 0 N–H and O–H groups in total. The third-order valence-electron chi connectivity index (χ3n) is 4.36. The Hall–Kier alpha value is -3.13. The number of hydrogen-bond donors (Lipinski definition) is 0. The molecule has 4 rings (SSSR count). The Balaban J connectivity index is 1.55. The van der Waals surface area contributed by atoms with Crippen LogP contribution in [0.2, 0.25) is 0 Å². The SMILES string of the molecule is O=C(OCc1ccc([N+](=O)[O-])cc1)C1=C(c2ccccc2)S[C@@H]2CC(=O)N12. The topological polar surface area (TPSA) is 89.7 Å². The normalized spacial score (nSPS) is 18.1. The van der Waals surface area contributed by atoms with Crippen molar-refractivity contribution < 1.29 is 19.2 Å². The molecule has 0 spiro atoms. The van der Waals surface area contributed by atoms with Crippen LogP contribution >= 0.6 is 11.8 Å². The third-order valence-corrected chi connectivity index (χ3v) is 5.68. The van der Waals surface area contributed by atoms with E-state index >= 15 is 0 Å². The lowest BCUT2D eigenvalue weighted by molar-refractivity contribution is -0.384. The highest BCUT2D eigenvalue weighted by Gasteiger charge is 2.49. The van der Waals surface area contributed by atoms with E-state index in [0.29, 0.717) is 12.0 Å². The molecule has 0 radical (unpaired) electrons. The van der Waals surface area contributed by atoms with Gasteiger partial charge < -0.3 is 4.74 Å². The second-order valence-electron chi connectivity index (χ2n) is 6.08. The van der Waals surface area contributed by atoms with Crippen LogP contribution in [0.15, 0.2) is 60.3 Å².